The van der Waals surface area contributed by atoms with E-state index < -0.39 is 0 Å². The molecule has 2 heterocycles. The van der Waals surface area contributed by atoms with Gasteiger partial charge in [0.15, 0.2) is 0 Å². The van der Waals surface area contributed by atoms with Gasteiger partial charge in [-0.05, 0) is 18.6 Å². The van der Waals surface area contributed by atoms with Crippen LogP contribution in [0.5, 0.6) is 5.88 Å². The lowest BCUT2D eigenvalue weighted by atomic mass is 10.00. The Hall–Kier alpha value is -3.32. The van der Waals surface area contributed by atoms with E-state index in [2.05, 4.69) is 16.0 Å². The molecule has 0 aliphatic carbocycles. The highest BCUT2D eigenvalue weighted by Crippen LogP contribution is 2.38. The third-order valence-electron chi connectivity index (χ3n) is 4.06. The van der Waals surface area contributed by atoms with Gasteiger partial charge < -0.3 is 9.72 Å². The number of aromatic nitrogens is 2. The average Bonchev–Trinajstić information content (AvgIpc) is 3.00. The van der Waals surface area contributed by atoms with Crippen molar-refractivity contribution in [3.05, 3.63) is 60.2 Å². The number of nitrogens with zero attached hydrogens (tertiary/aromatic N) is 2. The van der Waals surface area contributed by atoms with Gasteiger partial charge in [-0.2, -0.15) is 5.26 Å². The molecule has 0 radical (unpaired) electrons. The molecule has 0 fully saturated rings. The normalized spacial score (nSPS) is 10.8. The lowest BCUT2D eigenvalue weighted by Crippen LogP contribution is -2.00. The third-order valence-corrected chi connectivity index (χ3v) is 4.06. The number of hydrogen-bond acceptors (Lipinski definition) is 3. The van der Waals surface area contributed by atoms with E-state index in [4.69, 9.17) is 4.74 Å². The number of fused-ring (bicyclic) bond motifs is 3. The quantitative estimate of drug-likeness (QED) is 0.598. The van der Waals surface area contributed by atoms with Crippen LogP contribution in [0.25, 0.3) is 33.1 Å². The van der Waals surface area contributed by atoms with Crippen LogP contribution in [0.4, 0.5) is 0 Å². The summed E-state index contributed by atoms with van der Waals surface area (Å²) in [6.07, 6.45) is 0. The molecule has 0 spiro atoms. The number of aromatic amines is 1. The smallest absolute Gasteiger partial charge is 0.233 e. The number of benzene rings is 2. The highest BCUT2D eigenvalue weighted by atomic mass is 16.5. The number of nitrogens with one attached hydrogen (secondary N) is 1. The van der Waals surface area contributed by atoms with E-state index in [1.807, 2.05) is 61.5 Å². The number of para-hydroxylation sites is 1. The average molecular weight is 313 g/mol. The van der Waals surface area contributed by atoms with Crippen molar-refractivity contribution in [1.82, 2.24) is 9.97 Å². The summed E-state index contributed by atoms with van der Waals surface area (Å²) >= 11 is 0. The van der Waals surface area contributed by atoms with Gasteiger partial charge in [0.1, 0.15) is 17.1 Å². The van der Waals surface area contributed by atoms with Crippen LogP contribution >= 0.6 is 0 Å². The molecule has 0 atom stereocenters. The fourth-order valence-corrected chi connectivity index (χ4v) is 3.05. The molecule has 2 aromatic carbocycles. The molecule has 0 saturated heterocycles. The van der Waals surface area contributed by atoms with Crippen molar-refractivity contribution >= 4 is 21.9 Å². The Labute approximate surface area is 139 Å². The number of H-pyrrole nitrogens is 1. The molecule has 0 aliphatic rings. The van der Waals surface area contributed by atoms with Crippen molar-refractivity contribution in [3.63, 3.8) is 0 Å². The van der Waals surface area contributed by atoms with Gasteiger partial charge in [0.2, 0.25) is 5.88 Å². The van der Waals surface area contributed by atoms with Gasteiger partial charge in [-0.25, -0.2) is 4.98 Å². The first kappa shape index (κ1) is 14.3. The van der Waals surface area contributed by atoms with Crippen LogP contribution in [0.3, 0.4) is 0 Å². The van der Waals surface area contributed by atoms with Crippen molar-refractivity contribution in [2.45, 2.75) is 6.92 Å². The first-order valence-electron chi connectivity index (χ1n) is 7.86. The SMILES string of the molecule is CCOc1nc2c([nH]c3ccccc32)c(-c2ccccc2)c1C#N. The number of rotatable bonds is 3. The Kier molecular flexibility index (Phi) is 3.40. The molecular weight excluding hydrogens is 298 g/mol. The molecule has 0 saturated carbocycles. The van der Waals surface area contributed by atoms with E-state index in [9.17, 15) is 5.26 Å². The summed E-state index contributed by atoms with van der Waals surface area (Å²) in [6.45, 7) is 2.36. The standard InChI is InChI=1S/C20H15N3O/c1-2-24-20-15(12-21)17(13-8-4-3-5-9-13)19-18(23-20)14-10-6-7-11-16(14)22-19/h3-11,22H,2H2,1H3. The highest BCUT2D eigenvalue weighted by molar-refractivity contribution is 6.11. The van der Waals surface area contributed by atoms with Crippen LogP contribution in [-0.4, -0.2) is 16.6 Å². The molecule has 1 N–H and O–H groups in total. The zero-order valence-corrected chi connectivity index (χ0v) is 13.2. The molecule has 4 rings (SSSR count). The number of ether oxygens (including phenoxy) is 1. The zero-order chi connectivity index (χ0) is 16.5. The number of pyridine rings is 1. The molecule has 0 bridgehead atoms. The molecule has 0 unspecified atom stereocenters. The van der Waals surface area contributed by atoms with Gasteiger partial charge in [-0.3, -0.25) is 0 Å². The first-order valence-corrected chi connectivity index (χ1v) is 7.86. The van der Waals surface area contributed by atoms with Crippen LogP contribution in [-0.2, 0) is 0 Å². The molecule has 24 heavy (non-hydrogen) atoms. The van der Waals surface area contributed by atoms with E-state index in [-0.39, 0.29) is 0 Å². The van der Waals surface area contributed by atoms with E-state index in [1.165, 1.54) is 0 Å². The highest BCUT2D eigenvalue weighted by Gasteiger charge is 2.20. The maximum absolute atomic E-state index is 9.74. The first-order chi connectivity index (χ1) is 11.8. The Balaban J connectivity index is 2.19. The lowest BCUT2D eigenvalue weighted by molar-refractivity contribution is 0.327. The van der Waals surface area contributed by atoms with Crippen molar-refractivity contribution in [2.24, 2.45) is 0 Å². The monoisotopic (exact) mass is 313 g/mol. The van der Waals surface area contributed by atoms with Crippen molar-refractivity contribution < 1.29 is 4.74 Å². The molecule has 4 aromatic rings. The maximum atomic E-state index is 9.74. The predicted octanol–water partition coefficient (Wildman–Crippen LogP) is 4.65. The molecule has 0 amide bonds. The summed E-state index contributed by atoms with van der Waals surface area (Å²) in [5.74, 6) is 0.385. The van der Waals surface area contributed by atoms with Gasteiger partial charge in [0.05, 0.1) is 12.1 Å². The lowest BCUT2D eigenvalue weighted by Gasteiger charge is -2.11. The van der Waals surface area contributed by atoms with Gasteiger partial charge in [0, 0.05) is 16.5 Å². The summed E-state index contributed by atoms with van der Waals surface area (Å²) in [7, 11) is 0. The Morgan fingerprint density at radius 1 is 1.08 bits per heavy atom. The predicted molar refractivity (Wildman–Crippen MR) is 94.9 cm³/mol. The fraction of sp³-hybridized carbons (Fsp3) is 0.100. The molecule has 116 valence electrons. The molecular formula is C20H15N3O. The topological polar surface area (TPSA) is 61.7 Å². The third kappa shape index (κ3) is 2.10. The van der Waals surface area contributed by atoms with Crippen LogP contribution < -0.4 is 4.74 Å². The van der Waals surface area contributed by atoms with Crippen molar-refractivity contribution in [1.29, 1.82) is 5.26 Å². The Morgan fingerprint density at radius 3 is 2.58 bits per heavy atom. The summed E-state index contributed by atoms with van der Waals surface area (Å²) in [4.78, 5) is 8.05. The van der Waals surface area contributed by atoms with Gasteiger partial charge in [-0.1, -0.05) is 48.5 Å². The molecule has 4 heteroatoms. The Morgan fingerprint density at radius 2 is 1.83 bits per heavy atom. The number of nitriles is 1. The molecule has 0 aliphatic heterocycles. The summed E-state index contributed by atoms with van der Waals surface area (Å²) < 4.78 is 5.67. The van der Waals surface area contributed by atoms with E-state index in [0.717, 1.165) is 33.1 Å². The van der Waals surface area contributed by atoms with Crippen molar-refractivity contribution in [3.8, 4) is 23.1 Å². The fourth-order valence-electron chi connectivity index (χ4n) is 3.05. The largest absolute Gasteiger partial charge is 0.477 e. The minimum atomic E-state index is 0.385. The van der Waals surface area contributed by atoms with E-state index >= 15 is 0 Å². The summed E-state index contributed by atoms with van der Waals surface area (Å²) in [5, 5.41) is 10.8. The van der Waals surface area contributed by atoms with Gasteiger partial charge in [0.25, 0.3) is 0 Å². The van der Waals surface area contributed by atoms with Crippen LogP contribution in [0.2, 0.25) is 0 Å². The second kappa shape index (κ2) is 5.71. The second-order valence-electron chi connectivity index (χ2n) is 5.47. The molecule has 2 aromatic heterocycles. The van der Waals surface area contributed by atoms with Crippen molar-refractivity contribution in [2.75, 3.05) is 6.61 Å². The van der Waals surface area contributed by atoms with Gasteiger partial charge in [-0.15, -0.1) is 0 Å². The zero-order valence-electron chi connectivity index (χ0n) is 13.2. The minimum absolute atomic E-state index is 0.385. The molecule has 4 nitrogen and oxygen atoms in total. The van der Waals surface area contributed by atoms with Crippen LogP contribution in [0.15, 0.2) is 54.6 Å². The summed E-state index contributed by atoms with van der Waals surface area (Å²) in [5.41, 5.74) is 4.95. The van der Waals surface area contributed by atoms with E-state index in [1.54, 1.807) is 0 Å². The van der Waals surface area contributed by atoms with E-state index in [0.29, 0.717) is 18.1 Å². The van der Waals surface area contributed by atoms with Gasteiger partial charge >= 0.3 is 0 Å². The Bertz CT molecular complexity index is 1070. The van der Waals surface area contributed by atoms with Crippen LogP contribution in [0, 0.1) is 11.3 Å². The summed E-state index contributed by atoms with van der Waals surface area (Å²) in [6, 6.07) is 20.2. The second-order valence-corrected chi connectivity index (χ2v) is 5.47. The maximum Gasteiger partial charge on any atom is 0.233 e. The van der Waals surface area contributed by atoms with Crippen LogP contribution in [0.1, 0.15) is 12.5 Å². The minimum Gasteiger partial charge on any atom is -0.477 e. The number of hydrogen-bond donors (Lipinski definition) is 1.